The molecule has 0 bridgehead atoms. The molecular formula is C17H37IN4O3. The summed E-state index contributed by atoms with van der Waals surface area (Å²) in [6, 6.07) is 0. The standard InChI is InChI=1S/C17H36N4O3.HI/c1-6-23-11-7-9-18-17(20-14-16(22)21(4)5)19-10-13-24-12-8-15(2)3;/h15H,6-14H2,1-5H3,(H2,18,19,20);1H. The third-order valence-corrected chi connectivity index (χ3v) is 3.21. The van der Waals surface area contributed by atoms with Crippen molar-refractivity contribution < 1.29 is 14.3 Å². The van der Waals surface area contributed by atoms with Crippen LogP contribution in [0.25, 0.3) is 0 Å². The second-order valence-electron chi connectivity index (χ2n) is 6.15. The van der Waals surface area contributed by atoms with Gasteiger partial charge in [0, 0.05) is 47.0 Å². The maximum atomic E-state index is 11.7. The summed E-state index contributed by atoms with van der Waals surface area (Å²) < 4.78 is 10.9. The van der Waals surface area contributed by atoms with E-state index in [0.717, 1.165) is 32.6 Å². The first kappa shape index (κ1) is 26.6. The smallest absolute Gasteiger partial charge is 0.243 e. The van der Waals surface area contributed by atoms with E-state index in [1.54, 1.807) is 14.1 Å². The Morgan fingerprint density at radius 3 is 2.36 bits per heavy atom. The summed E-state index contributed by atoms with van der Waals surface area (Å²) in [6.45, 7) is 10.7. The molecule has 150 valence electrons. The van der Waals surface area contributed by atoms with Gasteiger partial charge in [0.25, 0.3) is 0 Å². The highest BCUT2D eigenvalue weighted by atomic mass is 127. The van der Waals surface area contributed by atoms with Gasteiger partial charge in [0.05, 0.1) is 6.61 Å². The van der Waals surface area contributed by atoms with Crippen molar-refractivity contribution in [1.29, 1.82) is 0 Å². The summed E-state index contributed by atoms with van der Waals surface area (Å²) in [5.41, 5.74) is 0. The Kier molecular flexibility index (Phi) is 19.4. The van der Waals surface area contributed by atoms with Crippen LogP contribution in [0.4, 0.5) is 0 Å². The number of hydrogen-bond donors (Lipinski definition) is 2. The predicted octanol–water partition coefficient (Wildman–Crippen LogP) is 1.72. The average Bonchev–Trinajstić information content (AvgIpc) is 2.53. The van der Waals surface area contributed by atoms with Crippen LogP contribution in [0.2, 0.25) is 0 Å². The molecule has 0 saturated heterocycles. The first-order valence-corrected chi connectivity index (χ1v) is 8.85. The zero-order valence-electron chi connectivity index (χ0n) is 16.5. The molecule has 1 amide bonds. The Labute approximate surface area is 170 Å². The summed E-state index contributed by atoms with van der Waals surface area (Å²) in [5.74, 6) is 1.26. The maximum absolute atomic E-state index is 11.7. The van der Waals surface area contributed by atoms with Gasteiger partial charge in [0.1, 0.15) is 6.54 Å². The first-order chi connectivity index (χ1) is 11.5. The molecule has 25 heavy (non-hydrogen) atoms. The van der Waals surface area contributed by atoms with Gasteiger partial charge >= 0.3 is 0 Å². The van der Waals surface area contributed by atoms with Crippen molar-refractivity contribution in [3.8, 4) is 0 Å². The fraction of sp³-hybridized carbons (Fsp3) is 0.882. The van der Waals surface area contributed by atoms with E-state index >= 15 is 0 Å². The maximum Gasteiger partial charge on any atom is 0.243 e. The molecule has 0 aliphatic rings. The van der Waals surface area contributed by atoms with E-state index in [9.17, 15) is 4.79 Å². The number of nitrogens with one attached hydrogen (secondary N) is 2. The molecule has 2 N–H and O–H groups in total. The zero-order chi connectivity index (χ0) is 18.2. The van der Waals surface area contributed by atoms with Gasteiger partial charge in [0.15, 0.2) is 5.96 Å². The van der Waals surface area contributed by atoms with E-state index in [2.05, 4.69) is 29.5 Å². The highest BCUT2D eigenvalue weighted by molar-refractivity contribution is 14.0. The summed E-state index contributed by atoms with van der Waals surface area (Å²) >= 11 is 0. The van der Waals surface area contributed by atoms with Crippen LogP contribution in [0, 0.1) is 5.92 Å². The minimum Gasteiger partial charge on any atom is -0.382 e. The molecule has 0 unspecified atom stereocenters. The van der Waals surface area contributed by atoms with Gasteiger partial charge < -0.3 is 25.0 Å². The van der Waals surface area contributed by atoms with Crippen molar-refractivity contribution in [3.63, 3.8) is 0 Å². The van der Waals surface area contributed by atoms with E-state index in [-0.39, 0.29) is 36.4 Å². The molecule has 0 aromatic rings. The van der Waals surface area contributed by atoms with Crippen LogP contribution in [0.1, 0.15) is 33.6 Å². The molecule has 7 nitrogen and oxygen atoms in total. The van der Waals surface area contributed by atoms with Crippen molar-refractivity contribution >= 4 is 35.8 Å². The van der Waals surface area contributed by atoms with E-state index in [0.29, 0.717) is 31.6 Å². The van der Waals surface area contributed by atoms with Crippen molar-refractivity contribution in [3.05, 3.63) is 0 Å². The van der Waals surface area contributed by atoms with E-state index in [1.165, 1.54) is 4.90 Å². The number of halogens is 1. The molecule has 0 heterocycles. The SMILES string of the molecule is CCOCCCNC(=NCC(=O)N(C)C)NCCOCCC(C)C.I. The minimum absolute atomic E-state index is 0. The minimum atomic E-state index is -0.0291. The normalized spacial score (nSPS) is 11.2. The molecule has 0 aliphatic carbocycles. The van der Waals surface area contributed by atoms with Gasteiger partial charge in [-0.3, -0.25) is 4.79 Å². The summed E-state index contributed by atoms with van der Waals surface area (Å²) in [4.78, 5) is 17.5. The van der Waals surface area contributed by atoms with Crippen LogP contribution in [-0.2, 0) is 14.3 Å². The lowest BCUT2D eigenvalue weighted by atomic mass is 10.1. The van der Waals surface area contributed by atoms with Gasteiger partial charge in [-0.15, -0.1) is 24.0 Å². The lowest BCUT2D eigenvalue weighted by molar-refractivity contribution is -0.127. The zero-order valence-corrected chi connectivity index (χ0v) is 18.8. The third-order valence-electron chi connectivity index (χ3n) is 3.21. The Bertz CT molecular complexity index is 353. The number of rotatable bonds is 13. The molecule has 8 heteroatoms. The van der Waals surface area contributed by atoms with Crippen LogP contribution in [-0.4, -0.2) is 76.9 Å². The number of likely N-dealkylation sites (N-methyl/N-ethyl adjacent to an activating group) is 1. The number of carbonyl (C=O) groups excluding carboxylic acids is 1. The molecular weight excluding hydrogens is 435 g/mol. The lowest BCUT2D eigenvalue weighted by Crippen LogP contribution is -2.40. The molecule has 0 aromatic heterocycles. The van der Waals surface area contributed by atoms with E-state index < -0.39 is 0 Å². The van der Waals surface area contributed by atoms with E-state index in [1.807, 2.05) is 6.92 Å². The van der Waals surface area contributed by atoms with Crippen LogP contribution in [0.5, 0.6) is 0 Å². The largest absolute Gasteiger partial charge is 0.382 e. The first-order valence-electron chi connectivity index (χ1n) is 8.85. The summed E-state index contributed by atoms with van der Waals surface area (Å²) in [5, 5.41) is 6.41. The van der Waals surface area contributed by atoms with Crippen molar-refractivity contribution in [2.24, 2.45) is 10.9 Å². The van der Waals surface area contributed by atoms with Crippen LogP contribution >= 0.6 is 24.0 Å². The number of hydrogen-bond acceptors (Lipinski definition) is 4. The fourth-order valence-corrected chi connectivity index (χ4v) is 1.65. The molecule has 0 aliphatic heterocycles. The number of carbonyl (C=O) groups is 1. The number of guanidine groups is 1. The second-order valence-corrected chi connectivity index (χ2v) is 6.15. The van der Waals surface area contributed by atoms with Gasteiger partial charge in [-0.05, 0) is 25.7 Å². The van der Waals surface area contributed by atoms with Crippen LogP contribution in [0.15, 0.2) is 4.99 Å². The molecule has 0 rings (SSSR count). The highest BCUT2D eigenvalue weighted by Gasteiger charge is 2.04. The van der Waals surface area contributed by atoms with Crippen molar-refractivity contribution in [2.45, 2.75) is 33.6 Å². The topological polar surface area (TPSA) is 75.2 Å². The van der Waals surface area contributed by atoms with E-state index in [4.69, 9.17) is 9.47 Å². The lowest BCUT2D eigenvalue weighted by Gasteiger charge is -2.14. The molecule has 0 radical (unpaired) electrons. The predicted molar refractivity (Wildman–Crippen MR) is 114 cm³/mol. The molecule has 0 atom stereocenters. The van der Waals surface area contributed by atoms with Crippen LogP contribution < -0.4 is 10.6 Å². The molecule has 0 saturated carbocycles. The fourth-order valence-electron chi connectivity index (χ4n) is 1.65. The Morgan fingerprint density at radius 1 is 1.08 bits per heavy atom. The van der Waals surface area contributed by atoms with Crippen molar-refractivity contribution in [1.82, 2.24) is 15.5 Å². The van der Waals surface area contributed by atoms with Gasteiger partial charge in [0.2, 0.25) is 5.91 Å². The second kappa shape index (κ2) is 18.2. The Morgan fingerprint density at radius 2 is 1.76 bits per heavy atom. The monoisotopic (exact) mass is 472 g/mol. The van der Waals surface area contributed by atoms with Gasteiger partial charge in [-0.2, -0.15) is 0 Å². The number of ether oxygens (including phenoxy) is 2. The van der Waals surface area contributed by atoms with Gasteiger partial charge in [-0.25, -0.2) is 4.99 Å². The summed E-state index contributed by atoms with van der Waals surface area (Å²) in [6.07, 6.45) is 1.95. The Balaban J connectivity index is 0. The number of aliphatic imine (C=N–C) groups is 1. The van der Waals surface area contributed by atoms with Crippen molar-refractivity contribution in [2.75, 3.05) is 60.2 Å². The van der Waals surface area contributed by atoms with Crippen LogP contribution in [0.3, 0.4) is 0 Å². The quantitative estimate of drug-likeness (QED) is 0.185. The molecule has 0 fully saturated rings. The van der Waals surface area contributed by atoms with Gasteiger partial charge in [-0.1, -0.05) is 13.8 Å². The number of nitrogens with zero attached hydrogens (tertiary/aromatic N) is 2. The summed E-state index contributed by atoms with van der Waals surface area (Å²) in [7, 11) is 3.45. The molecule has 0 aromatic carbocycles. The average molecular weight is 472 g/mol. The Hall–Kier alpha value is -0.610. The number of amides is 1. The molecule has 0 spiro atoms. The third kappa shape index (κ3) is 18.0. The highest BCUT2D eigenvalue weighted by Crippen LogP contribution is 1.98.